The first-order valence-electron chi connectivity index (χ1n) is 7.62. The molecular weight excluding hydrogens is 324 g/mol. The van der Waals surface area contributed by atoms with Crippen molar-refractivity contribution in [3.63, 3.8) is 0 Å². The molecular formula is C18H18N2O5. The second-order valence-corrected chi connectivity index (χ2v) is 5.59. The van der Waals surface area contributed by atoms with Crippen LogP contribution in [0.3, 0.4) is 0 Å². The number of aryl methyl sites for hydroxylation is 2. The van der Waals surface area contributed by atoms with Crippen molar-refractivity contribution in [2.75, 3.05) is 11.9 Å². The second-order valence-electron chi connectivity index (χ2n) is 5.59. The number of amides is 1. The summed E-state index contributed by atoms with van der Waals surface area (Å²) in [6, 6.07) is 11.5. The molecule has 2 aromatic rings. The van der Waals surface area contributed by atoms with Gasteiger partial charge in [-0.05, 0) is 25.5 Å². The molecule has 1 N–H and O–H groups in total. The number of hydrogen-bond acceptors (Lipinski definition) is 5. The van der Waals surface area contributed by atoms with E-state index >= 15 is 0 Å². The molecule has 0 aliphatic heterocycles. The van der Waals surface area contributed by atoms with Crippen LogP contribution in [0.2, 0.25) is 0 Å². The summed E-state index contributed by atoms with van der Waals surface area (Å²) in [4.78, 5) is 34.1. The highest BCUT2D eigenvalue weighted by molar-refractivity contribution is 5.93. The number of carbonyl (C=O) groups excluding carboxylic acids is 2. The Balaban J connectivity index is 1.89. The van der Waals surface area contributed by atoms with E-state index in [0.717, 1.165) is 11.1 Å². The predicted octanol–water partition coefficient (Wildman–Crippen LogP) is 2.94. The van der Waals surface area contributed by atoms with E-state index in [1.54, 1.807) is 12.1 Å². The summed E-state index contributed by atoms with van der Waals surface area (Å²) in [5.41, 5.74) is 2.71. The summed E-state index contributed by atoms with van der Waals surface area (Å²) in [5.74, 6) is -1.17. The standard InChI is InChI=1S/C18H18N2O5/c1-12-7-8-15(13(2)9-12)19-17(21)11-25-18(22)10-14-5-3-4-6-16(14)20(23)24/h3-9H,10-11H2,1-2H3,(H,19,21). The molecule has 1 amide bonds. The number of anilines is 1. The van der Waals surface area contributed by atoms with Crippen LogP contribution in [0.15, 0.2) is 42.5 Å². The summed E-state index contributed by atoms with van der Waals surface area (Å²) in [6.07, 6.45) is -0.270. The van der Waals surface area contributed by atoms with Crippen molar-refractivity contribution in [2.24, 2.45) is 0 Å². The number of ether oxygens (including phenoxy) is 1. The number of nitrogens with zero attached hydrogens (tertiary/aromatic N) is 1. The van der Waals surface area contributed by atoms with Crippen LogP contribution in [0.5, 0.6) is 0 Å². The summed E-state index contributed by atoms with van der Waals surface area (Å²) in [6.45, 7) is 3.36. The van der Waals surface area contributed by atoms with Crippen LogP contribution in [0.1, 0.15) is 16.7 Å². The Labute approximate surface area is 144 Å². The molecule has 7 nitrogen and oxygen atoms in total. The fourth-order valence-corrected chi connectivity index (χ4v) is 2.33. The van der Waals surface area contributed by atoms with Gasteiger partial charge in [0.15, 0.2) is 6.61 Å². The first-order valence-corrected chi connectivity index (χ1v) is 7.62. The van der Waals surface area contributed by atoms with Crippen LogP contribution in [-0.4, -0.2) is 23.4 Å². The van der Waals surface area contributed by atoms with Gasteiger partial charge in [0, 0.05) is 17.3 Å². The van der Waals surface area contributed by atoms with Crippen molar-refractivity contribution in [2.45, 2.75) is 20.3 Å². The average molecular weight is 342 g/mol. The van der Waals surface area contributed by atoms with Crippen molar-refractivity contribution in [3.8, 4) is 0 Å². The van der Waals surface area contributed by atoms with E-state index in [9.17, 15) is 19.7 Å². The number of para-hydroxylation sites is 1. The zero-order chi connectivity index (χ0) is 18.4. The highest BCUT2D eigenvalue weighted by Gasteiger charge is 2.17. The van der Waals surface area contributed by atoms with Crippen molar-refractivity contribution < 1.29 is 19.2 Å². The number of hydrogen-bond donors (Lipinski definition) is 1. The van der Waals surface area contributed by atoms with Crippen LogP contribution in [0.4, 0.5) is 11.4 Å². The van der Waals surface area contributed by atoms with Crippen molar-refractivity contribution in [3.05, 3.63) is 69.3 Å². The lowest BCUT2D eigenvalue weighted by Gasteiger charge is -2.09. The molecule has 0 unspecified atom stereocenters. The SMILES string of the molecule is Cc1ccc(NC(=O)COC(=O)Cc2ccccc2[N+](=O)[O-])c(C)c1. The maximum Gasteiger partial charge on any atom is 0.311 e. The van der Waals surface area contributed by atoms with Gasteiger partial charge in [-0.25, -0.2) is 0 Å². The van der Waals surface area contributed by atoms with Gasteiger partial charge in [-0.2, -0.15) is 0 Å². The van der Waals surface area contributed by atoms with Crippen LogP contribution in [0.25, 0.3) is 0 Å². The quantitative estimate of drug-likeness (QED) is 0.494. The van der Waals surface area contributed by atoms with Gasteiger partial charge in [0.05, 0.1) is 11.3 Å². The summed E-state index contributed by atoms with van der Waals surface area (Å²) in [7, 11) is 0. The summed E-state index contributed by atoms with van der Waals surface area (Å²) >= 11 is 0. The topological polar surface area (TPSA) is 98.5 Å². The lowest BCUT2D eigenvalue weighted by molar-refractivity contribution is -0.385. The number of nitro groups is 1. The predicted molar refractivity (Wildman–Crippen MR) is 92.3 cm³/mol. The largest absolute Gasteiger partial charge is 0.455 e. The number of benzene rings is 2. The minimum atomic E-state index is -0.704. The molecule has 0 spiro atoms. The van der Waals surface area contributed by atoms with Gasteiger partial charge in [0.25, 0.3) is 11.6 Å². The Bertz CT molecular complexity index is 817. The number of nitro benzene ring substituents is 1. The van der Waals surface area contributed by atoms with Gasteiger partial charge in [0.1, 0.15) is 0 Å². The lowest BCUT2D eigenvalue weighted by Crippen LogP contribution is -2.22. The molecule has 0 aliphatic rings. The van der Waals surface area contributed by atoms with Crippen LogP contribution in [0, 0.1) is 24.0 Å². The molecule has 2 rings (SSSR count). The number of nitrogens with one attached hydrogen (secondary N) is 1. The van der Waals surface area contributed by atoms with Crippen molar-refractivity contribution >= 4 is 23.3 Å². The van der Waals surface area contributed by atoms with E-state index in [-0.39, 0.29) is 17.7 Å². The van der Waals surface area contributed by atoms with Crippen molar-refractivity contribution in [1.29, 1.82) is 0 Å². The normalized spacial score (nSPS) is 10.2. The Morgan fingerprint density at radius 3 is 2.56 bits per heavy atom. The fourth-order valence-electron chi connectivity index (χ4n) is 2.33. The van der Waals surface area contributed by atoms with Crippen LogP contribution < -0.4 is 5.32 Å². The smallest absolute Gasteiger partial charge is 0.311 e. The van der Waals surface area contributed by atoms with Gasteiger partial charge >= 0.3 is 5.97 Å². The summed E-state index contributed by atoms with van der Waals surface area (Å²) < 4.78 is 4.90. The molecule has 130 valence electrons. The third kappa shape index (κ3) is 5.13. The Hall–Kier alpha value is -3.22. The van der Waals surface area contributed by atoms with E-state index < -0.39 is 23.4 Å². The molecule has 0 heterocycles. The maximum atomic E-state index is 11.9. The number of carbonyl (C=O) groups is 2. The Morgan fingerprint density at radius 1 is 1.16 bits per heavy atom. The Morgan fingerprint density at radius 2 is 1.88 bits per heavy atom. The molecule has 0 atom stereocenters. The minimum absolute atomic E-state index is 0.154. The van der Waals surface area contributed by atoms with Gasteiger partial charge in [-0.15, -0.1) is 0 Å². The van der Waals surface area contributed by atoms with Crippen LogP contribution >= 0.6 is 0 Å². The maximum absolute atomic E-state index is 11.9. The first kappa shape index (κ1) is 18.1. The van der Waals surface area contributed by atoms with E-state index in [1.165, 1.54) is 18.2 Å². The molecule has 0 radical (unpaired) electrons. The molecule has 2 aromatic carbocycles. The Kier molecular flexibility index (Phi) is 5.84. The number of rotatable bonds is 6. The molecule has 7 heteroatoms. The molecule has 0 saturated carbocycles. The zero-order valence-electron chi connectivity index (χ0n) is 13.9. The highest BCUT2D eigenvalue weighted by atomic mass is 16.6. The lowest BCUT2D eigenvalue weighted by atomic mass is 10.1. The molecule has 0 bridgehead atoms. The molecule has 0 aromatic heterocycles. The van der Waals surface area contributed by atoms with E-state index in [4.69, 9.17) is 4.74 Å². The van der Waals surface area contributed by atoms with E-state index in [0.29, 0.717) is 5.69 Å². The van der Waals surface area contributed by atoms with Gasteiger partial charge in [-0.3, -0.25) is 19.7 Å². The van der Waals surface area contributed by atoms with Gasteiger partial charge < -0.3 is 10.1 Å². The van der Waals surface area contributed by atoms with Crippen molar-refractivity contribution in [1.82, 2.24) is 0 Å². The second kappa shape index (κ2) is 8.05. The third-order valence-corrected chi connectivity index (χ3v) is 3.54. The zero-order valence-corrected chi connectivity index (χ0v) is 13.9. The monoisotopic (exact) mass is 342 g/mol. The number of esters is 1. The molecule has 25 heavy (non-hydrogen) atoms. The fraction of sp³-hybridized carbons (Fsp3) is 0.222. The van der Waals surface area contributed by atoms with E-state index in [1.807, 2.05) is 26.0 Å². The third-order valence-electron chi connectivity index (χ3n) is 3.54. The van der Waals surface area contributed by atoms with Gasteiger partial charge in [-0.1, -0.05) is 35.9 Å². The summed E-state index contributed by atoms with van der Waals surface area (Å²) in [5, 5.41) is 13.6. The van der Waals surface area contributed by atoms with E-state index in [2.05, 4.69) is 5.32 Å². The molecule has 0 aliphatic carbocycles. The first-order chi connectivity index (χ1) is 11.9. The minimum Gasteiger partial charge on any atom is -0.455 e. The molecule has 0 saturated heterocycles. The average Bonchev–Trinajstić information content (AvgIpc) is 2.56. The highest BCUT2D eigenvalue weighted by Crippen LogP contribution is 2.18. The van der Waals surface area contributed by atoms with Gasteiger partial charge in [0.2, 0.25) is 0 Å². The van der Waals surface area contributed by atoms with Crippen LogP contribution in [-0.2, 0) is 20.7 Å². The molecule has 0 fully saturated rings.